The number of carbonyl (C=O) groups excluding carboxylic acids is 1. The van der Waals surface area contributed by atoms with E-state index in [0.29, 0.717) is 11.3 Å². The average Bonchev–Trinajstić information content (AvgIpc) is 2.54. The van der Waals surface area contributed by atoms with Crippen LogP contribution in [0.25, 0.3) is 0 Å². The molecule has 0 saturated carbocycles. The van der Waals surface area contributed by atoms with E-state index in [2.05, 4.69) is 0 Å². The van der Waals surface area contributed by atoms with Gasteiger partial charge < -0.3 is 19.7 Å². The molecule has 22 heavy (non-hydrogen) atoms. The van der Waals surface area contributed by atoms with E-state index in [1.807, 2.05) is 12.1 Å². The minimum absolute atomic E-state index is 0.153. The maximum Gasteiger partial charge on any atom is 0.174 e. The molecule has 2 aromatic rings. The second kappa shape index (κ2) is 5.69. The summed E-state index contributed by atoms with van der Waals surface area (Å²) in [6, 6.07) is 10.3. The lowest BCUT2D eigenvalue weighted by atomic mass is 9.94. The fourth-order valence-electron chi connectivity index (χ4n) is 2.59. The van der Waals surface area contributed by atoms with Gasteiger partial charge in [0.1, 0.15) is 28.9 Å². The third-order valence-electron chi connectivity index (χ3n) is 3.73. The Morgan fingerprint density at radius 2 is 2.00 bits per heavy atom. The van der Waals surface area contributed by atoms with Gasteiger partial charge in [-0.05, 0) is 35.4 Å². The SMILES string of the molecule is COc1ccc([C@@H]2CC(=O)c3c(O)cc(CO)cc3O2)cc1. The summed E-state index contributed by atoms with van der Waals surface area (Å²) in [6.07, 6.45) is -0.259. The lowest BCUT2D eigenvalue weighted by Crippen LogP contribution is -2.20. The predicted octanol–water partition coefficient (Wildman–Crippen LogP) is 2.60. The first-order chi connectivity index (χ1) is 10.6. The molecule has 1 aliphatic heterocycles. The third-order valence-corrected chi connectivity index (χ3v) is 3.73. The van der Waals surface area contributed by atoms with Crippen molar-refractivity contribution in [3.63, 3.8) is 0 Å². The van der Waals surface area contributed by atoms with E-state index in [4.69, 9.17) is 9.47 Å². The highest BCUT2D eigenvalue weighted by atomic mass is 16.5. The van der Waals surface area contributed by atoms with Crippen molar-refractivity contribution in [2.45, 2.75) is 19.1 Å². The van der Waals surface area contributed by atoms with Crippen LogP contribution in [0.4, 0.5) is 0 Å². The fourth-order valence-corrected chi connectivity index (χ4v) is 2.59. The van der Waals surface area contributed by atoms with Gasteiger partial charge in [-0.1, -0.05) is 12.1 Å². The molecule has 2 N–H and O–H groups in total. The van der Waals surface area contributed by atoms with Crippen molar-refractivity contribution in [3.05, 3.63) is 53.1 Å². The molecule has 5 heteroatoms. The van der Waals surface area contributed by atoms with Gasteiger partial charge in [-0.3, -0.25) is 4.79 Å². The normalized spacial score (nSPS) is 16.8. The van der Waals surface area contributed by atoms with Crippen molar-refractivity contribution in [1.82, 2.24) is 0 Å². The van der Waals surface area contributed by atoms with Crippen molar-refractivity contribution >= 4 is 5.78 Å². The number of Topliss-reactive ketones (excluding diaryl/α,β-unsaturated/α-hetero) is 1. The van der Waals surface area contributed by atoms with Crippen molar-refractivity contribution in [2.24, 2.45) is 0 Å². The molecular weight excluding hydrogens is 284 g/mol. The van der Waals surface area contributed by atoms with Crippen molar-refractivity contribution < 1.29 is 24.5 Å². The van der Waals surface area contributed by atoms with Crippen molar-refractivity contribution in [3.8, 4) is 17.2 Å². The molecule has 1 atom stereocenters. The number of rotatable bonds is 3. The Morgan fingerprint density at radius 3 is 2.64 bits per heavy atom. The first kappa shape index (κ1) is 14.4. The summed E-state index contributed by atoms with van der Waals surface area (Å²) < 4.78 is 11.0. The topological polar surface area (TPSA) is 76.0 Å². The van der Waals surface area contributed by atoms with Crippen LogP contribution in [0.5, 0.6) is 17.2 Å². The minimum Gasteiger partial charge on any atom is -0.507 e. The molecule has 0 fully saturated rings. The number of methoxy groups -OCH3 is 1. The molecule has 0 spiro atoms. The van der Waals surface area contributed by atoms with Gasteiger partial charge in [0, 0.05) is 0 Å². The van der Waals surface area contributed by atoms with Crippen LogP contribution in [0.1, 0.15) is 34.0 Å². The summed E-state index contributed by atoms with van der Waals surface area (Å²) >= 11 is 0. The second-order valence-corrected chi connectivity index (χ2v) is 5.15. The number of ketones is 1. The molecule has 0 unspecified atom stereocenters. The van der Waals surface area contributed by atoms with E-state index in [-0.39, 0.29) is 30.1 Å². The van der Waals surface area contributed by atoms with Gasteiger partial charge in [0.25, 0.3) is 0 Å². The van der Waals surface area contributed by atoms with Crippen LogP contribution in [0.2, 0.25) is 0 Å². The Bertz CT molecular complexity index is 706. The molecule has 114 valence electrons. The summed E-state index contributed by atoms with van der Waals surface area (Å²) in [5.41, 5.74) is 1.54. The number of ether oxygens (including phenoxy) is 2. The lowest BCUT2D eigenvalue weighted by molar-refractivity contribution is 0.0844. The molecule has 0 aromatic heterocycles. The molecule has 0 amide bonds. The smallest absolute Gasteiger partial charge is 0.174 e. The fraction of sp³-hybridized carbons (Fsp3) is 0.235. The Kier molecular flexibility index (Phi) is 3.73. The molecular formula is C17H16O5. The van der Waals surface area contributed by atoms with Crippen LogP contribution >= 0.6 is 0 Å². The quantitative estimate of drug-likeness (QED) is 0.911. The van der Waals surface area contributed by atoms with E-state index in [0.717, 1.165) is 11.3 Å². The highest BCUT2D eigenvalue weighted by Gasteiger charge is 2.30. The molecule has 2 aromatic carbocycles. The zero-order chi connectivity index (χ0) is 15.7. The third kappa shape index (κ3) is 2.51. The molecule has 1 heterocycles. The molecule has 0 saturated heterocycles. The largest absolute Gasteiger partial charge is 0.507 e. The van der Waals surface area contributed by atoms with Gasteiger partial charge in [-0.25, -0.2) is 0 Å². The van der Waals surface area contributed by atoms with Gasteiger partial charge in [0.05, 0.1) is 20.1 Å². The number of phenolic OH excluding ortho intramolecular Hbond substituents is 1. The van der Waals surface area contributed by atoms with Gasteiger partial charge >= 0.3 is 0 Å². The maximum atomic E-state index is 12.3. The Morgan fingerprint density at radius 1 is 1.27 bits per heavy atom. The first-order valence-corrected chi connectivity index (χ1v) is 6.93. The molecule has 3 rings (SSSR count). The number of fused-ring (bicyclic) bond motifs is 1. The van der Waals surface area contributed by atoms with Gasteiger partial charge in [-0.2, -0.15) is 0 Å². The second-order valence-electron chi connectivity index (χ2n) is 5.15. The number of carbonyl (C=O) groups is 1. The van der Waals surface area contributed by atoms with E-state index in [1.54, 1.807) is 25.3 Å². The summed E-state index contributed by atoms with van der Waals surface area (Å²) in [5, 5.41) is 19.1. The molecule has 1 aliphatic rings. The first-order valence-electron chi connectivity index (χ1n) is 6.93. The van der Waals surface area contributed by atoms with Gasteiger partial charge in [0.15, 0.2) is 5.78 Å². The Labute approximate surface area is 127 Å². The molecule has 0 radical (unpaired) electrons. The zero-order valence-electron chi connectivity index (χ0n) is 12.1. The van der Waals surface area contributed by atoms with E-state index in [9.17, 15) is 15.0 Å². The number of aliphatic hydroxyl groups is 1. The summed E-state index contributed by atoms with van der Waals surface area (Å²) in [4.78, 5) is 12.3. The zero-order valence-corrected chi connectivity index (χ0v) is 12.1. The van der Waals surface area contributed by atoms with Gasteiger partial charge in [0.2, 0.25) is 0 Å². The van der Waals surface area contributed by atoms with Crippen LogP contribution in [-0.2, 0) is 6.61 Å². The van der Waals surface area contributed by atoms with Crippen LogP contribution in [0.15, 0.2) is 36.4 Å². The predicted molar refractivity (Wildman–Crippen MR) is 79.3 cm³/mol. The minimum atomic E-state index is -0.417. The molecule has 0 bridgehead atoms. The molecule has 0 aliphatic carbocycles. The van der Waals surface area contributed by atoms with E-state index < -0.39 is 6.10 Å². The number of hydrogen-bond donors (Lipinski definition) is 2. The number of benzene rings is 2. The summed E-state index contributed by atoms with van der Waals surface area (Å²) in [5.74, 6) is 0.705. The van der Waals surface area contributed by atoms with Crippen molar-refractivity contribution in [1.29, 1.82) is 0 Å². The number of phenols is 1. The Hall–Kier alpha value is -2.53. The number of hydrogen-bond acceptors (Lipinski definition) is 5. The van der Waals surface area contributed by atoms with E-state index >= 15 is 0 Å². The lowest BCUT2D eigenvalue weighted by Gasteiger charge is -2.26. The van der Waals surface area contributed by atoms with Crippen LogP contribution < -0.4 is 9.47 Å². The number of aromatic hydroxyl groups is 1. The monoisotopic (exact) mass is 300 g/mol. The summed E-state index contributed by atoms with van der Waals surface area (Å²) in [7, 11) is 1.59. The highest BCUT2D eigenvalue weighted by Crippen LogP contribution is 2.40. The highest BCUT2D eigenvalue weighted by molar-refractivity contribution is 6.02. The average molecular weight is 300 g/mol. The van der Waals surface area contributed by atoms with Crippen LogP contribution in [-0.4, -0.2) is 23.1 Å². The van der Waals surface area contributed by atoms with Crippen LogP contribution in [0.3, 0.4) is 0 Å². The maximum absolute atomic E-state index is 12.3. The van der Waals surface area contributed by atoms with E-state index in [1.165, 1.54) is 6.07 Å². The standard InChI is InChI=1S/C17H16O5/c1-21-12-4-2-11(3-5-12)15-8-14(20)17-13(19)6-10(9-18)7-16(17)22-15/h2-7,15,18-19H,8-9H2,1H3/t15-/m0/s1. The van der Waals surface area contributed by atoms with Crippen molar-refractivity contribution in [2.75, 3.05) is 7.11 Å². The summed E-state index contributed by atoms with van der Waals surface area (Å²) in [6.45, 7) is -0.231. The van der Waals surface area contributed by atoms with Crippen LogP contribution in [0, 0.1) is 0 Å². The Balaban J connectivity index is 1.95. The molecule has 5 nitrogen and oxygen atoms in total. The number of aliphatic hydroxyl groups excluding tert-OH is 1. The van der Waals surface area contributed by atoms with Gasteiger partial charge in [-0.15, -0.1) is 0 Å².